The molecule has 7 nitrogen and oxygen atoms in total. The van der Waals surface area contributed by atoms with Crippen LogP contribution in [-0.4, -0.2) is 68.4 Å². The number of hydrogen-bond acceptors (Lipinski definition) is 4. The number of guanidine groups is 1. The van der Waals surface area contributed by atoms with Crippen LogP contribution in [0.15, 0.2) is 23.2 Å². The Kier molecular flexibility index (Phi) is 10.6. The molecule has 2 unspecified atom stereocenters. The fourth-order valence-corrected chi connectivity index (χ4v) is 3.89. The summed E-state index contributed by atoms with van der Waals surface area (Å²) in [6.45, 7) is 8.18. The number of benzene rings is 1. The molecule has 30 heavy (non-hydrogen) atoms. The van der Waals surface area contributed by atoms with Crippen LogP contribution in [-0.2, 0) is 14.3 Å². The van der Waals surface area contributed by atoms with Crippen LogP contribution in [0, 0.1) is 6.92 Å². The minimum Gasteiger partial charge on any atom is -0.375 e. The summed E-state index contributed by atoms with van der Waals surface area (Å²) in [5, 5.41) is 6.73. The van der Waals surface area contributed by atoms with Crippen molar-refractivity contribution in [3.05, 3.63) is 28.8 Å². The van der Waals surface area contributed by atoms with E-state index in [4.69, 9.17) is 21.1 Å². The minimum atomic E-state index is -0.102. The first-order valence-corrected chi connectivity index (χ1v) is 10.8. The summed E-state index contributed by atoms with van der Waals surface area (Å²) < 4.78 is 11.7. The molecule has 0 radical (unpaired) electrons. The first-order chi connectivity index (χ1) is 14.1. The summed E-state index contributed by atoms with van der Waals surface area (Å²) in [6.07, 6.45) is 2.68. The van der Waals surface area contributed by atoms with Gasteiger partial charge in [-0.05, 0) is 44.4 Å². The van der Waals surface area contributed by atoms with E-state index in [0.29, 0.717) is 30.3 Å². The Labute approximate surface area is 200 Å². The highest BCUT2D eigenvalue weighted by Gasteiger charge is 2.32. The first-order valence-electron chi connectivity index (χ1n) is 10.4. The molecule has 2 saturated heterocycles. The molecule has 168 valence electrons. The second-order valence-corrected chi connectivity index (χ2v) is 7.83. The third-order valence-corrected chi connectivity index (χ3v) is 5.42. The van der Waals surface area contributed by atoms with Crippen LogP contribution in [0.5, 0.6) is 0 Å². The van der Waals surface area contributed by atoms with Gasteiger partial charge in [0.15, 0.2) is 5.96 Å². The molecule has 1 amide bonds. The highest BCUT2D eigenvalue weighted by molar-refractivity contribution is 14.0. The number of carbonyl (C=O) groups excluding carboxylic acids is 1. The van der Waals surface area contributed by atoms with Crippen LogP contribution < -0.4 is 10.6 Å². The van der Waals surface area contributed by atoms with Gasteiger partial charge >= 0.3 is 0 Å². The van der Waals surface area contributed by atoms with Gasteiger partial charge in [0, 0.05) is 32.7 Å². The van der Waals surface area contributed by atoms with Crippen LogP contribution in [0.2, 0.25) is 5.02 Å². The van der Waals surface area contributed by atoms with Gasteiger partial charge in [0.25, 0.3) is 0 Å². The number of nitrogens with zero attached hydrogens (tertiary/aromatic N) is 2. The second kappa shape index (κ2) is 12.7. The van der Waals surface area contributed by atoms with E-state index in [1.165, 1.54) is 0 Å². The van der Waals surface area contributed by atoms with Gasteiger partial charge in [-0.25, -0.2) is 0 Å². The van der Waals surface area contributed by atoms with Gasteiger partial charge < -0.3 is 25.0 Å². The van der Waals surface area contributed by atoms with Crippen LogP contribution >= 0.6 is 35.6 Å². The molecule has 0 bridgehead atoms. The smallest absolute Gasteiger partial charge is 0.226 e. The van der Waals surface area contributed by atoms with Crippen molar-refractivity contribution < 1.29 is 14.3 Å². The van der Waals surface area contributed by atoms with Gasteiger partial charge in [0.2, 0.25) is 5.91 Å². The van der Waals surface area contributed by atoms with Crippen LogP contribution in [0.4, 0.5) is 5.69 Å². The summed E-state index contributed by atoms with van der Waals surface area (Å²) in [7, 11) is 0. The number of ether oxygens (including phenoxy) is 2. The van der Waals surface area contributed by atoms with Gasteiger partial charge in [-0.1, -0.05) is 17.7 Å². The van der Waals surface area contributed by atoms with Gasteiger partial charge in [-0.2, -0.15) is 0 Å². The van der Waals surface area contributed by atoms with Gasteiger partial charge in [-0.15, -0.1) is 24.0 Å². The van der Waals surface area contributed by atoms with E-state index < -0.39 is 0 Å². The fourth-order valence-electron chi connectivity index (χ4n) is 3.61. The first kappa shape index (κ1) is 25.2. The number of morpholine rings is 1. The quantitative estimate of drug-likeness (QED) is 0.323. The SMILES string of the molecule is CCNC(=NCCC(=O)Nc1ccc(C)cc1Cl)N1CCOC(C2CCCO2)C1.I. The van der Waals surface area contributed by atoms with Crippen LogP contribution in [0.25, 0.3) is 0 Å². The molecule has 2 aliphatic heterocycles. The Bertz CT molecular complexity index is 728. The van der Waals surface area contributed by atoms with Crippen molar-refractivity contribution in [1.82, 2.24) is 10.2 Å². The van der Waals surface area contributed by atoms with Gasteiger partial charge in [-0.3, -0.25) is 9.79 Å². The number of aryl methyl sites for hydroxylation is 1. The predicted molar refractivity (Wildman–Crippen MR) is 131 cm³/mol. The summed E-state index contributed by atoms with van der Waals surface area (Å²) in [4.78, 5) is 19.1. The molecule has 1 aromatic carbocycles. The van der Waals surface area contributed by atoms with Crippen LogP contribution in [0.1, 0.15) is 31.7 Å². The van der Waals surface area contributed by atoms with E-state index in [1.54, 1.807) is 0 Å². The molecule has 9 heteroatoms. The standard InChI is InChI=1S/C21H31ClN4O3.HI/c1-3-23-21(26-10-12-29-19(14-26)18-5-4-11-28-18)24-9-8-20(27)25-17-7-6-15(2)13-16(17)22;/h6-7,13,18-19H,3-5,8-12,14H2,1-2H3,(H,23,24)(H,25,27);1H. The molecule has 0 spiro atoms. The fraction of sp³-hybridized carbons (Fsp3) is 0.619. The van der Waals surface area contributed by atoms with Crippen molar-refractivity contribution in [1.29, 1.82) is 0 Å². The molecule has 2 atom stereocenters. The maximum atomic E-state index is 12.3. The molecule has 0 aromatic heterocycles. The van der Waals surface area contributed by atoms with E-state index in [9.17, 15) is 4.79 Å². The molecule has 3 rings (SSSR count). The maximum Gasteiger partial charge on any atom is 0.226 e. The zero-order chi connectivity index (χ0) is 20.6. The normalized spacial score (nSPS) is 21.8. The molecular weight excluding hydrogens is 519 g/mol. The predicted octanol–water partition coefficient (Wildman–Crippen LogP) is 3.44. The molecule has 0 saturated carbocycles. The van der Waals surface area contributed by atoms with Crippen molar-refractivity contribution in [3.8, 4) is 0 Å². The van der Waals surface area contributed by atoms with E-state index in [2.05, 4.69) is 20.5 Å². The number of carbonyl (C=O) groups is 1. The van der Waals surface area contributed by atoms with Crippen molar-refractivity contribution in [2.45, 2.75) is 45.3 Å². The van der Waals surface area contributed by atoms with Gasteiger partial charge in [0.1, 0.15) is 6.10 Å². The Morgan fingerprint density at radius 2 is 2.10 bits per heavy atom. The molecule has 2 heterocycles. The van der Waals surface area contributed by atoms with E-state index >= 15 is 0 Å². The van der Waals surface area contributed by atoms with Crippen molar-refractivity contribution >= 4 is 53.1 Å². The van der Waals surface area contributed by atoms with Crippen molar-refractivity contribution in [3.63, 3.8) is 0 Å². The molecule has 2 fully saturated rings. The molecule has 2 aliphatic rings. The summed E-state index contributed by atoms with van der Waals surface area (Å²) >= 11 is 6.19. The summed E-state index contributed by atoms with van der Waals surface area (Å²) in [6, 6.07) is 5.58. The lowest BCUT2D eigenvalue weighted by Gasteiger charge is -2.37. The molecule has 1 aromatic rings. The number of anilines is 1. The third-order valence-electron chi connectivity index (χ3n) is 5.11. The number of hydrogen-bond donors (Lipinski definition) is 2. The molecule has 0 aliphatic carbocycles. The zero-order valence-electron chi connectivity index (χ0n) is 17.7. The zero-order valence-corrected chi connectivity index (χ0v) is 20.7. The monoisotopic (exact) mass is 550 g/mol. The Balaban J connectivity index is 0.00000320. The Morgan fingerprint density at radius 1 is 1.30 bits per heavy atom. The number of halogens is 2. The average Bonchev–Trinajstić information content (AvgIpc) is 3.24. The Morgan fingerprint density at radius 3 is 2.80 bits per heavy atom. The lowest BCUT2D eigenvalue weighted by molar-refractivity contribution is -0.116. The number of rotatable bonds is 6. The lowest BCUT2D eigenvalue weighted by Crippen LogP contribution is -2.53. The van der Waals surface area contributed by atoms with Crippen molar-refractivity contribution in [2.24, 2.45) is 4.99 Å². The second-order valence-electron chi connectivity index (χ2n) is 7.42. The summed E-state index contributed by atoms with van der Waals surface area (Å²) in [5.74, 6) is 0.717. The van der Waals surface area contributed by atoms with E-state index in [-0.39, 0.29) is 42.1 Å². The molecule has 2 N–H and O–H groups in total. The number of amides is 1. The molecular formula is C21H32ClIN4O3. The Hall–Kier alpha value is -1.10. The third kappa shape index (κ3) is 7.25. The average molecular weight is 551 g/mol. The highest BCUT2D eigenvalue weighted by atomic mass is 127. The van der Waals surface area contributed by atoms with E-state index in [1.807, 2.05) is 32.0 Å². The van der Waals surface area contributed by atoms with E-state index in [0.717, 1.165) is 50.6 Å². The highest BCUT2D eigenvalue weighted by Crippen LogP contribution is 2.23. The van der Waals surface area contributed by atoms with Crippen LogP contribution in [0.3, 0.4) is 0 Å². The van der Waals surface area contributed by atoms with Gasteiger partial charge in [0.05, 0.1) is 30.0 Å². The number of aliphatic imine (C=N–C) groups is 1. The number of nitrogens with one attached hydrogen (secondary N) is 2. The summed E-state index contributed by atoms with van der Waals surface area (Å²) in [5.41, 5.74) is 1.69. The van der Waals surface area contributed by atoms with Crippen molar-refractivity contribution in [2.75, 3.05) is 44.7 Å². The lowest BCUT2D eigenvalue weighted by atomic mass is 10.1. The maximum absolute atomic E-state index is 12.3. The largest absolute Gasteiger partial charge is 0.375 e. The topological polar surface area (TPSA) is 75.2 Å². The minimum absolute atomic E-state index is 0.